The van der Waals surface area contributed by atoms with E-state index in [4.69, 9.17) is 9.15 Å². The van der Waals surface area contributed by atoms with E-state index < -0.39 is 17.8 Å². The van der Waals surface area contributed by atoms with Gasteiger partial charge < -0.3 is 24.3 Å². The largest absolute Gasteiger partial charge is 0.465 e. The molecule has 11 heteroatoms. The Bertz CT molecular complexity index is 947. The number of amides is 1. The number of halogens is 3. The maximum Gasteiger partial charge on any atom is 0.426 e. The number of alkyl halides is 2. The third kappa shape index (κ3) is 3.39. The number of nitrogens with zero attached hydrogens (tertiary/aromatic N) is 3. The van der Waals surface area contributed by atoms with E-state index in [9.17, 15) is 23.8 Å². The molecule has 2 atom stereocenters. The van der Waals surface area contributed by atoms with E-state index in [1.807, 2.05) is 4.90 Å². The Morgan fingerprint density at radius 3 is 2.48 bits per heavy atom. The number of carbonyl (C=O) groups is 1. The van der Waals surface area contributed by atoms with Crippen molar-refractivity contribution < 1.29 is 32.9 Å². The summed E-state index contributed by atoms with van der Waals surface area (Å²) >= 11 is 3.32. The molecule has 0 saturated carbocycles. The van der Waals surface area contributed by atoms with Gasteiger partial charge in [0.2, 0.25) is 0 Å². The molecule has 0 radical (unpaired) electrons. The Morgan fingerprint density at radius 2 is 1.93 bits per heavy atom. The summed E-state index contributed by atoms with van der Waals surface area (Å²) in [6.07, 6.45) is -3.28. The highest BCUT2D eigenvalue weighted by Gasteiger charge is 2.49. The van der Waals surface area contributed by atoms with Gasteiger partial charge in [-0.1, -0.05) is 0 Å². The molecule has 0 aliphatic carbocycles. The van der Waals surface area contributed by atoms with Gasteiger partial charge in [0.05, 0.1) is 16.6 Å². The van der Waals surface area contributed by atoms with Crippen LogP contribution in [0, 0.1) is 0 Å². The first-order chi connectivity index (χ1) is 13.5. The van der Waals surface area contributed by atoms with Gasteiger partial charge in [0.25, 0.3) is 6.01 Å². The lowest BCUT2D eigenvalue weighted by atomic mass is 10.1. The molecule has 29 heavy (non-hydrogen) atoms. The first kappa shape index (κ1) is 20.1. The Morgan fingerprint density at radius 1 is 1.31 bits per heavy atom. The highest BCUT2D eigenvalue weighted by Crippen LogP contribution is 2.40. The van der Waals surface area contributed by atoms with E-state index in [0.717, 1.165) is 26.7 Å². The molecule has 4 rings (SSSR count). The monoisotopic (exact) mass is 475 g/mol. The van der Waals surface area contributed by atoms with Crippen LogP contribution < -0.4 is 9.64 Å². The van der Waals surface area contributed by atoms with Crippen LogP contribution in [0.3, 0.4) is 0 Å². The molecule has 158 valence electrons. The number of oxazole rings is 1. The van der Waals surface area contributed by atoms with Crippen LogP contribution in [0.5, 0.6) is 5.75 Å². The summed E-state index contributed by atoms with van der Waals surface area (Å²) in [6, 6.07) is 2.70. The van der Waals surface area contributed by atoms with Crippen LogP contribution in [0.25, 0.3) is 11.1 Å². The van der Waals surface area contributed by atoms with E-state index in [2.05, 4.69) is 20.9 Å². The average molecular weight is 476 g/mol. The van der Waals surface area contributed by atoms with E-state index >= 15 is 0 Å². The third-order valence-electron chi connectivity index (χ3n) is 5.37. The van der Waals surface area contributed by atoms with Crippen LogP contribution in [0.1, 0.15) is 26.7 Å². The molecule has 8 nitrogen and oxygen atoms in total. The summed E-state index contributed by atoms with van der Waals surface area (Å²) in [5.74, 6) is -0.225. The Hall–Kier alpha value is -2.14. The fraction of sp³-hybridized carbons (Fsp3) is 0.556. The van der Waals surface area contributed by atoms with Crippen molar-refractivity contribution in [2.75, 3.05) is 18.0 Å². The first-order valence-electron chi connectivity index (χ1n) is 9.12. The van der Waals surface area contributed by atoms with E-state index in [0.29, 0.717) is 17.6 Å². The van der Waals surface area contributed by atoms with Gasteiger partial charge in [-0.15, -0.1) is 0 Å². The molecule has 2 aromatic rings. The molecule has 0 spiro atoms. The summed E-state index contributed by atoms with van der Waals surface area (Å²) < 4.78 is 39.6. The summed E-state index contributed by atoms with van der Waals surface area (Å²) in [5.41, 5.74) is -2.07. The fourth-order valence-electron chi connectivity index (χ4n) is 3.79. The number of anilines is 1. The van der Waals surface area contributed by atoms with Crippen molar-refractivity contribution in [2.45, 2.75) is 50.5 Å². The van der Waals surface area contributed by atoms with Gasteiger partial charge in [0.1, 0.15) is 0 Å². The molecule has 3 heterocycles. The van der Waals surface area contributed by atoms with Crippen molar-refractivity contribution in [3.63, 3.8) is 0 Å². The lowest BCUT2D eigenvalue weighted by Crippen LogP contribution is -2.55. The molecular weight excluding hydrogens is 456 g/mol. The number of aromatic nitrogens is 1. The lowest BCUT2D eigenvalue weighted by Gasteiger charge is -2.38. The molecule has 2 unspecified atom stereocenters. The maximum atomic E-state index is 14.2. The number of ether oxygens (including phenoxy) is 1. The lowest BCUT2D eigenvalue weighted by molar-refractivity contribution is -0.275. The molecule has 1 aromatic carbocycles. The van der Waals surface area contributed by atoms with Crippen LogP contribution in [0.4, 0.5) is 19.6 Å². The zero-order valence-corrected chi connectivity index (χ0v) is 17.3. The molecule has 2 N–H and O–H groups in total. The van der Waals surface area contributed by atoms with E-state index in [1.54, 1.807) is 0 Å². The van der Waals surface area contributed by atoms with Crippen LogP contribution in [-0.2, 0) is 0 Å². The smallest absolute Gasteiger partial charge is 0.426 e. The number of aliphatic hydroxyl groups is 1. The summed E-state index contributed by atoms with van der Waals surface area (Å²) in [4.78, 5) is 19.1. The van der Waals surface area contributed by atoms with Gasteiger partial charge in [-0.25, -0.2) is 4.79 Å². The normalized spacial score (nSPS) is 22.4. The van der Waals surface area contributed by atoms with Gasteiger partial charge in [0, 0.05) is 13.1 Å². The number of fused-ring (bicyclic) bond motifs is 3. The van der Waals surface area contributed by atoms with Crippen molar-refractivity contribution in [1.29, 1.82) is 0 Å². The third-order valence-corrected chi connectivity index (χ3v) is 6.00. The number of piperazine rings is 1. The second-order valence-corrected chi connectivity index (χ2v) is 8.73. The van der Waals surface area contributed by atoms with Crippen molar-refractivity contribution in [3.05, 3.63) is 16.6 Å². The number of hydrogen-bond acceptors (Lipinski definition) is 6. The number of benzene rings is 1. The zero-order chi connectivity index (χ0) is 21.1. The van der Waals surface area contributed by atoms with Gasteiger partial charge in [0.15, 0.2) is 22.5 Å². The zero-order valence-electron chi connectivity index (χ0n) is 15.7. The van der Waals surface area contributed by atoms with Crippen molar-refractivity contribution in [2.24, 2.45) is 0 Å². The predicted octanol–water partition coefficient (Wildman–Crippen LogP) is 3.66. The number of rotatable bonds is 4. The summed E-state index contributed by atoms with van der Waals surface area (Å²) in [7, 11) is 0. The fourth-order valence-corrected chi connectivity index (χ4v) is 4.19. The molecule has 1 amide bonds. The molecule has 2 saturated heterocycles. The minimum absolute atomic E-state index is 0.0892. The number of carboxylic acid groups (broad SMARTS) is 1. The minimum Gasteiger partial charge on any atom is -0.465 e. The second-order valence-electron chi connectivity index (χ2n) is 7.88. The van der Waals surface area contributed by atoms with Gasteiger partial charge in [-0.05, 0) is 54.8 Å². The summed E-state index contributed by atoms with van der Waals surface area (Å²) in [5, 5.41) is 19.1. The van der Waals surface area contributed by atoms with E-state index in [1.165, 1.54) is 17.0 Å². The van der Waals surface area contributed by atoms with Crippen LogP contribution in [0.15, 0.2) is 21.0 Å². The molecule has 2 aliphatic rings. The minimum atomic E-state index is -3.85. The SMILES string of the molecule is CC(C)(O)C(F)(F)Oc1ccc(Br)c2oc(N3CC4CCC(C3)N4C(=O)O)nc12. The van der Waals surface area contributed by atoms with Crippen molar-refractivity contribution >= 4 is 39.1 Å². The molecule has 2 fully saturated rings. The highest BCUT2D eigenvalue weighted by atomic mass is 79.9. The Balaban J connectivity index is 1.67. The van der Waals surface area contributed by atoms with Crippen molar-refractivity contribution in [3.8, 4) is 5.75 Å². The van der Waals surface area contributed by atoms with Crippen molar-refractivity contribution in [1.82, 2.24) is 9.88 Å². The van der Waals surface area contributed by atoms with Gasteiger partial charge in [-0.2, -0.15) is 13.8 Å². The van der Waals surface area contributed by atoms with Gasteiger partial charge >= 0.3 is 12.2 Å². The summed E-state index contributed by atoms with van der Waals surface area (Å²) in [6.45, 7) is 2.72. The Kier molecular flexibility index (Phi) is 4.65. The van der Waals surface area contributed by atoms with Crippen LogP contribution in [-0.4, -0.2) is 63.1 Å². The molecular formula is C18H20BrF2N3O5. The quantitative estimate of drug-likeness (QED) is 0.695. The van der Waals surface area contributed by atoms with Gasteiger partial charge in [-0.3, -0.25) is 4.90 Å². The standard InChI is InChI=1S/C18H20BrF2N3O5/c1-17(2,27)18(20,21)29-12-6-5-11(19)14-13(12)22-15(28-14)23-7-9-3-4-10(8-23)24(9)16(25)26/h5-6,9-10,27H,3-4,7-8H2,1-2H3,(H,25,26). The highest BCUT2D eigenvalue weighted by molar-refractivity contribution is 9.10. The maximum absolute atomic E-state index is 14.2. The first-order valence-corrected chi connectivity index (χ1v) is 9.91. The number of hydrogen-bond donors (Lipinski definition) is 2. The average Bonchev–Trinajstić information content (AvgIpc) is 3.17. The van der Waals surface area contributed by atoms with E-state index in [-0.39, 0.29) is 34.9 Å². The van der Waals surface area contributed by atoms with Crippen LogP contribution >= 0.6 is 15.9 Å². The van der Waals surface area contributed by atoms with Crippen LogP contribution in [0.2, 0.25) is 0 Å². The topological polar surface area (TPSA) is 99.3 Å². The molecule has 2 bridgehead atoms. The Labute approximate surface area is 173 Å². The second kappa shape index (κ2) is 6.69. The predicted molar refractivity (Wildman–Crippen MR) is 102 cm³/mol. The molecule has 2 aliphatic heterocycles. The molecule has 1 aromatic heterocycles.